The van der Waals surface area contributed by atoms with Crippen LogP contribution in [0.25, 0.3) is 0 Å². The molecule has 0 saturated heterocycles. The van der Waals surface area contributed by atoms with Crippen molar-refractivity contribution in [3.05, 3.63) is 23.3 Å². The van der Waals surface area contributed by atoms with Gasteiger partial charge in [-0.3, -0.25) is 4.79 Å². The van der Waals surface area contributed by atoms with Crippen molar-refractivity contribution < 1.29 is 14.3 Å². The zero-order valence-electron chi connectivity index (χ0n) is 10.9. The molecule has 0 saturated carbocycles. The van der Waals surface area contributed by atoms with Crippen molar-refractivity contribution >= 4 is 5.97 Å². The van der Waals surface area contributed by atoms with Crippen LogP contribution in [0.1, 0.15) is 45.4 Å². The molecule has 0 unspecified atom stereocenters. The average molecular weight is 248 g/mol. The molecule has 0 spiro atoms. The van der Waals surface area contributed by atoms with Gasteiger partial charge in [-0.2, -0.15) is 0 Å². The van der Waals surface area contributed by atoms with Gasteiger partial charge in [-0.05, 0) is 42.9 Å². The molecule has 98 valence electrons. The summed E-state index contributed by atoms with van der Waals surface area (Å²) in [5.74, 6) is -0.232. The zero-order valence-corrected chi connectivity index (χ0v) is 10.9. The maximum atomic E-state index is 11.0. The molecule has 0 N–H and O–H groups in total. The van der Waals surface area contributed by atoms with Gasteiger partial charge in [-0.25, -0.2) is 0 Å². The quantitative estimate of drug-likeness (QED) is 0.557. The molecule has 2 atom stereocenters. The maximum Gasteiger partial charge on any atom is 0.302 e. The van der Waals surface area contributed by atoms with Crippen LogP contribution in [-0.2, 0) is 14.3 Å². The Bertz CT molecular complexity index is 421. The van der Waals surface area contributed by atoms with Crippen LogP contribution in [0.15, 0.2) is 23.3 Å². The molecule has 0 aromatic carbocycles. The smallest absolute Gasteiger partial charge is 0.302 e. The molecule has 1 aliphatic carbocycles. The summed E-state index contributed by atoms with van der Waals surface area (Å²) in [5.41, 5.74) is 2.43. The molecule has 3 heteroatoms. The van der Waals surface area contributed by atoms with E-state index in [1.54, 1.807) is 0 Å². The first-order chi connectivity index (χ1) is 8.71. The normalized spacial score (nSPS) is 34.2. The lowest BCUT2D eigenvalue weighted by Crippen LogP contribution is -2.34. The van der Waals surface area contributed by atoms with Crippen LogP contribution in [-0.4, -0.2) is 24.3 Å². The maximum absolute atomic E-state index is 11.0. The largest absolute Gasteiger partial charge is 0.462 e. The van der Waals surface area contributed by atoms with E-state index >= 15 is 0 Å². The Morgan fingerprint density at radius 1 is 1.39 bits per heavy atom. The van der Waals surface area contributed by atoms with Crippen LogP contribution in [0.4, 0.5) is 0 Å². The summed E-state index contributed by atoms with van der Waals surface area (Å²) in [5, 5.41) is 0. The minimum atomic E-state index is -0.428. The van der Waals surface area contributed by atoms with Gasteiger partial charge in [-0.1, -0.05) is 18.9 Å². The van der Waals surface area contributed by atoms with Gasteiger partial charge in [0.1, 0.15) is 12.2 Å². The van der Waals surface area contributed by atoms with Crippen molar-refractivity contribution in [1.29, 1.82) is 0 Å². The van der Waals surface area contributed by atoms with E-state index < -0.39 is 5.60 Å². The summed E-state index contributed by atoms with van der Waals surface area (Å²) in [6.07, 6.45) is 11.7. The van der Waals surface area contributed by atoms with E-state index in [2.05, 4.69) is 12.2 Å². The highest BCUT2D eigenvalue weighted by molar-refractivity contribution is 5.66. The zero-order chi connectivity index (χ0) is 12.6. The summed E-state index contributed by atoms with van der Waals surface area (Å²) in [6.45, 7) is 1.79. The van der Waals surface area contributed by atoms with Gasteiger partial charge in [0, 0.05) is 6.92 Å². The number of fused-ring (bicyclic) bond motifs is 4. The average Bonchev–Trinajstić information content (AvgIpc) is 2.82. The molecule has 3 rings (SSSR count). The fourth-order valence-corrected chi connectivity index (χ4v) is 3.36. The van der Waals surface area contributed by atoms with Crippen LogP contribution in [0.5, 0.6) is 0 Å². The molecule has 0 amide bonds. The Labute approximate surface area is 108 Å². The third kappa shape index (κ3) is 1.91. The van der Waals surface area contributed by atoms with E-state index in [1.807, 2.05) is 0 Å². The first-order valence-corrected chi connectivity index (χ1v) is 6.94. The summed E-state index contributed by atoms with van der Waals surface area (Å²) < 4.78 is 11.3. The van der Waals surface area contributed by atoms with Crippen LogP contribution >= 0.6 is 0 Å². The van der Waals surface area contributed by atoms with Crippen molar-refractivity contribution in [3.8, 4) is 0 Å². The van der Waals surface area contributed by atoms with E-state index in [1.165, 1.54) is 43.8 Å². The summed E-state index contributed by atoms with van der Waals surface area (Å²) in [4.78, 5) is 11.0. The molecule has 2 heterocycles. The Balaban J connectivity index is 1.85. The van der Waals surface area contributed by atoms with Crippen molar-refractivity contribution in [1.82, 2.24) is 0 Å². The fourth-order valence-electron chi connectivity index (χ4n) is 3.36. The van der Waals surface area contributed by atoms with E-state index in [9.17, 15) is 4.79 Å². The lowest BCUT2D eigenvalue weighted by Gasteiger charge is -2.27. The van der Waals surface area contributed by atoms with Gasteiger partial charge < -0.3 is 9.47 Å². The first kappa shape index (κ1) is 12.0. The number of hydrogen-bond donors (Lipinski definition) is 0. The summed E-state index contributed by atoms with van der Waals surface area (Å²) in [6, 6.07) is 0. The number of rotatable bonds is 2. The van der Waals surface area contributed by atoms with E-state index in [4.69, 9.17) is 9.47 Å². The third-order valence-electron chi connectivity index (χ3n) is 4.23. The number of esters is 1. The van der Waals surface area contributed by atoms with Crippen LogP contribution in [0.3, 0.4) is 0 Å². The van der Waals surface area contributed by atoms with Gasteiger partial charge in [0.15, 0.2) is 0 Å². The highest BCUT2D eigenvalue weighted by Crippen LogP contribution is 2.47. The molecular weight excluding hydrogens is 228 g/mol. The van der Waals surface area contributed by atoms with Crippen LogP contribution < -0.4 is 0 Å². The molecule has 0 aromatic heterocycles. The number of carbonyl (C=O) groups excluding carboxylic acids is 1. The van der Waals surface area contributed by atoms with Gasteiger partial charge in [0.05, 0.1) is 6.10 Å². The van der Waals surface area contributed by atoms with E-state index in [0.29, 0.717) is 6.61 Å². The number of ether oxygens (including phenoxy) is 2. The predicted octanol–water partition coefficient (Wildman–Crippen LogP) is 2.91. The molecule has 2 aliphatic heterocycles. The van der Waals surface area contributed by atoms with Crippen LogP contribution in [0, 0.1) is 0 Å². The number of carbonyl (C=O) groups is 1. The minimum Gasteiger partial charge on any atom is -0.462 e. The van der Waals surface area contributed by atoms with Gasteiger partial charge in [0.2, 0.25) is 0 Å². The molecule has 0 radical (unpaired) electrons. The highest BCUT2D eigenvalue weighted by atomic mass is 16.6. The second kappa shape index (κ2) is 4.54. The van der Waals surface area contributed by atoms with Crippen molar-refractivity contribution in [2.45, 2.75) is 57.2 Å². The molecule has 3 aliphatic rings. The second-order valence-corrected chi connectivity index (χ2v) is 5.49. The Morgan fingerprint density at radius 3 is 2.94 bits per heavy atom. The van der Waals surface area contributed by atoms with Crippen molar-refractivity contribution in [3.63, 3.8) is 0 Å². The molecular formula is C15H20O3. The lowest BCUT2D eigenvalue weighted by molar-refractivity contribution is -0.146. The SMILES string of the molecule is CC(=O)OC[C@@]12C=C[C@@H](O1)C1=C2CCCCCC1. The van der Waals surface area contributed by atoms with Gasteiger partial charge in [-0.15, -0.1) is 0 Å². The monoisotopic (exact) mass is 248 g/mol. The van der Waals surface area contributed by atoms with Crippen LogP contribution in [0.2, 0.25) is 0 Å². The Kier molecular flexibility index (Phi) is 3.02. The summed E-state index contributed by atoms with van der Waals surface area (Å²) in [7, 11) is 0. The molecule has 18 heavy (non-hydrogen) atoms. The van der Waals surface area contributed by atoms with Crippen molar-refractivity contribution in [2.24, 2.45) is 0 Å². The topological polar surface area (TPSA) is 35.5 Å². The first-order valence-electron chi connectivity index (χ1n) is 6.94. The minimum absolute atomic E-state index is 0.147. The molecule has 2 bridgehead atoms. The van der Waals surface area contributed by atoms with Crippen molar-refractivity contribution in [2.75, 3.05) is 6.61 Å². The van der Waals surface area contributed by atoms with Gasteiger partial charge in [0.25, 0.3) is 0 Å². The Hall–Kier alpha value is -1.09. The second-order valence-electron chi connectivity index (χ2n) is 5.49. The Morgan fingerprint density at radius 2 is 2.17 bits per heavy atom. The number of hydrogen-bond acceptors (Lipinski definition) is 3. The third-order valence-corrected chi connectivity index (χ3v) is 4.23. The van der Waals surface area contributed by atoms with E-state index in [0.717, 1.165) is 12.8 Å². The lowest BCUT2D eigenvalue weighted by atomic mass is 9.81. The predicted molar refractivity (Wildman–Crippen MR) is 68.1 cm³/mol. The van der Waals surface area contributed by atoms with E-state index in [-0.39, 0.29) is 12.1 Å². The highest BCUT2D eigenvalue weighted by Gasteiger charge is 2.48. The standard InChI is InChI=1S/C15H20O3/c1-11(16)17-10-15-9-8-14(18-15)12-6-4-2-3-5-7-13(12)15/h8-9,14H,2-7,10H2,1H3/t14-,15-/m1/s1. The molecule has 3 nitrogen and oxygen atoms in total. The molecule has 0 aromatic rings. The molecule has 0 fully saturated rings. The fraction of sp³-hybridized carbons (Fsp3) is 0.667. The van der Waals surface area contributed by atoms with Gasteiger partial charge >= 0.3 is 5.97 Å². The summed E-state index contributed by atoms with van der Waals surface area (Å²) >= 11 is 0.